The molecule has 5 rings (SSSR count). The lowest BCUT2D eigenvalue weighted by Crippen LogP contribution is -2.48. The second-order valence-corrected chi connectivity index (χ2v) is 10.3. The number of sulfonamides is 1. The number of methoxy groups -OCH3 is 1. The summed E-state index contributed by atoms with van der Waals surface area (Å²) in [6, 6.07) is 13.5. The highest BCUT2D eigenvalue weighted by molar-refractivity contribution is 8.15. The van der Waals surface area contributed by atoms with E-state index in [4.69, 9.17) is 4.74 Å². The van der Waals surface area contributed by atoms with Gasteiger partial charge in [0.2, 0.25) is 0 Å². The van der Waals surface area contributed by atoms with Crippen LogP contribution in [0.25, 0.3) is 0 Å². The van der Waals surface area contributed by atoms with Crippen LogP contribution in [0.4, 0.5) is 11.4 Å². The number of hydrogen-bond donors (Lipinski definition) is 0. The normalized spacial score (nSPS) is 19.5. The zero-order valence-corrected chi connectivity index (χ0v) is 18.7. The lowest BCUT2D eigenvalue weighted by molar-refractivity contribution is 0.0746. The number of amidine groups is 1. The first-order valence-electron chi connectivity index (χ1n) is 10.0. The number of para-hydroxylation sites is 2. The third-order valence-corrected chi connectivity index (χ3v) is 8.02. The first-order valence-corrected chi connectivity index (χ1v) is 12.5. The number of benzene rings is 2. The Morgan fingerprint density at radius 1 is 1.03 bits per heavy atom. The third kappa shape index (κ3) is 3.74. The van der Waals surface area contributed by atoms with Crippen LogP contribution in [0.3, 0.4) is 0 Å². The average Bonchev–Trinajstić information content (AvgIpc) is 3.14. The Kier molecular flexibility index (Phi) is 5.05. The molecule has 0 N–H and O–H groups in total. The summed E-state index contributed by atoms with van der Waals surface area (Å²) in [5.74, 6) is 0.829. The van der Waals surface area contributed by atoms with Gasteiger partial charge < -0.3 is 19.4 Å². The maximum atomic E-state index is 13.1. The number of nitrogens with zero attached hydrogens (tertiary/aromatic N) is 4. The fourth-order valence-electron chi connectivity index (χ4n) is 4.09. The molecule has 0 aliphatic carbocycles. The summed E-state index contributed by atoms with van der Waals surface area (Å²) < 4.78 is 32.9. The summed E-state index contributed by atoms with van der Waals surface area (Å²) in [5.41, 5.74) is 2.56. The smallest absolute Gasteiger partial charge is 0.257 e. The number of thioether (sulfide) groups is 1. The van der Waals surface area contributed by atoms with Crippen molar-refractivity contribution in [2.45, 2.75) is 4.90 Å². The van der Waals surface area contributed by atoms with Gasteiger partial charge in [0.25, 0.3) is 15.9 Å². The topological polar surface area (TPSA) is 82.5 Å². The Balaban J connectivity index is 1.30. The zero-order chi connectivity index (χ0) is 21.6. The number of carbonyl (C=O) groups excluding carboxylic acids is 1. The van der Waals surface area contributed by atoms with E-state index in [1.165, 1.54) is 11.8 Å². The Labute approximate surface area is 185 Å². The van der Waals surface area contributed by atoms with E-state index >= 15 is 0 Å². The van der Waals surface area contributed by atoms with Gasteiger partial charge in [-0.15, -0.1) is 4.40 Å². The zero-order valence-electron chi connectivity index (χ0n) is 17.0. The molecule has 1 fully saturated rings. The SMILES string of the molecule is COc1ccccc1N1CCN(C(=O)c2ccc3c(c2)SC2=NS(=O)(=O)CCN23)CC1. The van der Waals surface area contributed by atoms with Crippen molar-refractivity contribution in [3.05, 3.63) is 48.0 Å². The molecule has 162 valence electrons. The number of anilines is 2. The van der Waals surface area contributed by atoms with Crippen LogP contribution in [0.15, 0.2) is 51.8 Å². The van der Waals surface area contributed by atoms with Gasteiger partial charge in [0, 0.05) is 43.2 Å². The van der Waals surface area contributed by atoms with Gasteiger partial charge in [-0.2, -0.15) is 0 Å². The number of ether oxygens (including phenoxy) is 1. The number of amides is 1. The number of piperazine rings is 1. The number of fused-ring (bicyclic) bond motifs is 3. The largest absolute Gasteiger partial charge is 0.495 e. The lowest BCUT2D eigenvalue weighted by atomic mass is 10.1. The molecule has 2 aromatic carbocycles. The van der Waals surface area contributed by atoms with Gasteiger partial charge in [-0.1, -0.05) is 12.1 Å². The highest BCUT2D eigenvalue weighted by Gasteiger charge is 2.34. The third-order valence-electron chi connectivity index (χ3n) is 5.71. The molecule has 2 aromatic rings. The van der Waals surface area contributed by atoms with E-state index in [-0.39, 0.29) is 11.7 Å². The van der Waals surface area contributed by atoms with Crippen molar-refractivity contribution >= 4 is 44.2 Å². The van der Waals surface area contributed by atoms with Crippen LogP contribution < -0.4 is 14.5 Å². The van der Waals surface area contributed by atoms with Gasteiger partial charge in [0.1, 0.15) is 5.75 Å². The number of carbonyl (C=O) groups is 1. The Bertz CT molecular complexity index is 1170. The van der Waals surface area contributed by atoms with E-state index in [0.717, 1.165) is 35.1 Å². The molecular weight excluding hydrogens is 436 g/mol. The molecule has 0 spiro atoms. The fraction of sp³-hybridized carbons (Fsp3) is 0.333. The van der Waals surface area contributed by atoms with E-state index < -0.39 is 10.0 Å². The molecule has 0 bridgehead atoms. The monoisotopic (exact) mass is 458 g/mol. The molecule has 1 saturated heterocycles. The van der Waals surface area contributed by atoms with Crippen molar-refractivity contribution in [1.29, 1.82) is 0 Å². The van der Waals surface area contributed by atoms with Crippen LogP contribution in [0.1, 0.15) is 10.4 Å². The molecule has 0 atom stereocenters. The van der Waals surface area contributed by atoms with Gasteiger partial charge in [0.15, 0.2) is 5.17 Å². The van der Waals surface area contributed by atoms with Crippen LogP contribution in [0, 0.1) is 0 Å². The lowest BCUT2D eigenvalue weighted by Gasteiger charge is -2.36. The molecule has 3 aliphatic rings. The summed E-state index contributed by atoms with van der Waals surface area (Å²) in [6.07, 6.45) is 0. The Hall–Kier alpha value is -2.72. The van der Waals surface area contributed by atoms with Crippen molar-refractivity contribution < 1.29 is 17.9 Å². The van der Waals surface area contributed by atoms with Crippen LogP contribution >= 0.6 is 11.8 Å². The summed E-state index contributed by atoms with van der Waals surface area (Å²) in [6.45, 7) is 3.10. The molecule has 0 unspecified atom stereocenters. The van der Waals surface area contributed by atoms with Gasteiger partial charge in [-0.25, -0.2) is 8.42 Å². The molecule has 31 heavy (non-hydrogen) atoms. The molecule has 0 aromatic heterocycles. The molecule has 10 heteroatoms. The van der Waals surface area contributed by atoms with Crippen molar-refractivity contribution in [1.82, 2.24) is 4.90 Å². The minimum Gasteiger partial charge on any atom is -0.495 e. The van der Waals surface area contributed by atoms with Crippen molar-refractivity contribution in [2.24, 2.45) is 4.40 Å². The van der Waals surface area contributed by atoms with Crippen molar-refractivity contribution in [3.8, 4) is 5.75 Å². The highest BCUT2D eigenvalue weighted by atomic mass is 32.2. The van der Waals surface area contributed by atoms with Gasteiger partial charge in [-0.05, 0) is 42.1 Å². The van der Waals surface area contributed by atoms with Crippen molar-refractivity contribution in [3.63, 3.8) is 0 Å². The fourth-order valence-corrected chi connectivity index (χ4v) is 6.38. The molecule has 1 amide bonds. The van der Waals surface area contributed by atoms with Crippen LogP contribution in [-0.2, 0) is 10.0 Å². The predicted octanol–water partition coefficient (Wildman–Crippen LogP) is 2.27. The first-order chi connectivity index (χ1) is 14.9. The Morgan fingerprint density at radius 3 is 2.58 bits per heavy atom. The van der Waals surface area contributed by atoms with Gasteiger partial charge >= 0.3 is 0 Å². The van der Waals surface area contributed by atoms with E-state index in [2.05, 4.69) is 9.30 Å². The van der Waals surface area contributed by atoms with E-state index in [0.29, 0.717) is 30.4 Å². The molecule has 0 saturated carbocycles. The second-order valence-electron chi connectivity index (χ2n) is 7.55. The quantitative estimate of drug-likeness (QED) is 0.698. The Morgan fingerprint density at radius 2 is 1.81 bits per heavy atom. The molecular formula is C21H22N4O4S2. The number of hydrogen-bond acceptors (Lipinski definition) is 7. The summed E-state index contributed by atoms with van der Waals surface area (Å²) in [4.78, 5) is 20.0. The minimum atomic E-state index is -3.39. The highest BCUT2D eigenvalue weighted by Crippen LogP contribution is 2.42. The second kappa shape index (κ2) is 7.76. The van der Waals surface area contributed by atoms with Crippen LogP contribution in [-0.4, -0.2) is 70.0 Å². The number of rotatable bonds is 3. The minimum absolute atomic E-state index is 0.00760. The average molecular weight is 459 g/mol. The molecule has 8 nitrogen and oxygen atoms in total. The summed E-state index contributed by atoms with van der Waals surface area (Å²) in [7, 11) is -1.73. The molecule has 3 aliphatic heterocycles. The summed E-state index contributed by atoms with van der Waals surface area (Å²) >= 11 is 1.31. The van der Waals surface area contributed by atoms with E-state index in [1.54, 1.807) is 7.11 Å². The molecule has 0 radical (unpaired) electrons. The van der Waals surface area contributed by atoms with Crippen LogP contribution in [0.2, 0.25) is 0 Å². The van der Waals surface area contributed by atoms with Crippen LogP contribution in [0.5, 0.6) is 5.75 Å². The van der Waals surface area contributed by atoms with E-state index in [1.807, 2.05) is 52.3 Å². The van der Waals surface area contributed by atoms with Gasteiger partial charge in [-0.3, -0.25) is 4.79 Å². The first kappa shape index (κ1) is 20.2. The maximum Gasteiger partial charge on any atom is 0.257 e. The van der Waals surface area contributed by atoms with Crippen molar-refractivity contribution in [2.75, 3.05) is 55.4 Å². The molecule has 3 heterocycles. The predicted molar refractivity (Wildman–Crippen MR) is 122 cm³/mol. The standard InChI is InChI=1S/C21H22N4O4S2/c1-29-18-5-3-2-4-16(18)23-8-10-24(11-9-23)20(26)15-6-7-17-19(14-15)30-21-22-31(27,28)13-12-25(17)21/h2-7,14H,8-13H2,1H3. The summed E-state index contributed by atoms with van der Waals surface area (Å²) in [5, 5.41) is 0.469. The van der Waals surface area contributed by atoms with E-state index in [9.17, 15) is 13.2 Å². The van der Waals surface area contributed by atoms with Gasteiger partial charge in [0.05, 0.1) is 24.2 Å². The maximum absolute atomic E-state index is 13.1.